The van der Waals surface area contributed by atoms with Gasteiger partial charge in [0.15, 0.2) is 10.9 Å². The Morgan fingerprint density at radius 1 is 1.19 bits per heavy atom. The minimum atomic E-state index is -3.81. The Kier molecular flexibility index (Phi) is 7.81. The normalized spacial score (nSPS) is 12.0. The van der Waals surface area contributed by atoms with Crippen molar-refractivity contribution in [2.45, 2.75) is 56.8 Å². The van der Waals surface area contributed by atoms with E-state index in [-0.39, 0.29) is 16.4 Å². The first kappa shape index (κ1) is 24.5. The Balaban J connectivity index is 1.87. The van der Waals surface area contributed by atoms with Crippen LogP contribution in [-0.2, 0) is 27.8 Å². The summed E-state index contributed by atoms with van der Waals surface area (Å²) in [7, 11) is -2.15. The molecule has 0 saturated carbocycles. The summed E-state index contributed by atoms with van der Waals surface area (Å²) in [6.07, 6.45) is 1.95. The summed E-state index contributed by atoms with van der Waals surface area (Å²) >= 11 is 1.37. The van der Waals surface area contributed by atoms with E-state index in [0.717, 1.165) is 36.3 Å². The molecule has 0 aliphatic heterocycles. The lowest BCUT2D eigenvalue weighted by Gasteiger charge is -2.09. The van der Waals surface area contributed by atoms with Gasteiger partial charge in [-0.1, -0.05) is 25.1 Å². The minimum Gasteiger partial charge on any atom is -0.383 e. The number of nitrogens with two attached hydrogens (primary N) is 1. The number of ether oxygens (including phenoxy) is 1. The number of primary sulfonamides is 1. The fourth-order valence-corrected chi connectivity index (χ4v) is 5.18. The number of fused-ring (bicyclic) bond motifs is 1. The number of imidazole rings is 1. The fourth-order valence-electron chi connectivity index (χ4n) is 3.72. The third kappa shape index (κ3) is 5.25. The summed E-state index contributed by atoms with van der Waals surface area (Å²) in [5.41, 5.74) is 4.05. The van der Waals surface area contributed by atoms with Crippen molar-refractivity contribution in [3.63, 3.8) is 0 Å². The highest BCUT2D eigenvalue weighted by Gasteiger charge is 2.19. The number of unbranched alkanes of at least 4 members (excludes halogenated alkanes) is 1. The van der Waals surface area contributed by atoms with E-state index in [2.05, 4.69) is 16.5 Å². The predicted molar refractivity (Wildman–Crippen MR) is 127 cm³/mol. The average molecular weight is 479 g/mol. The van der Waals surface area contributed by atoms with Crippen LogP contribution in [0.1, 0.15) is 41.5 Å². The number of Topliss-reactive ketones (excluding diaryl/α,β-unsaturated/α-hetero) is 1. The number of carbonyl (C=O) groups excluding carboxylic acids is 1. The molecule has 8 nitrogen and oxygen atoms in total. The Hall–Kier alpha value is -2.14. The van der Waals surface area contributed by atoms with E-state index in [0.29, 0.717) is 29.4 Å². The van der Waals surface area contributed by atoms with Crippen molar-refractivity contribution in [3.05, 3.63) is 41.2 Å². The van der Waals surface area contributed by atoms with Gasteiger partial charge in [0.2, 0.25) is 10.0 Å². The van der Waals surface area contributed by atoms with Crippen LogP contribution >= 0.6 is 11.8 Å². The molecule has 0 atom stereocenters. The molecule has 0 fully saturated rings. The van der Waals surface area contributed by atoms with Gasteiger partial charge in [0.25, 0.3) is 0 Å². The van der Waals surface area contributed by atoms with Crippen molar-refractivity contribution < 1.29 is 17.9 Å². The molecule has 2 aromatic heterocycles. The number of rotatable bonds is 11. The third-order valence-electron chi connectivity index (χ3n) is 5.47. The van der Waals surface area contributed by atoms with Crippen LogP contribution in [0.25, 0.3) is 11.0 Å². The maximum absolute atomic E-state index is 13.0. The van der Waals surface area contributed by atoms with E-state index in [1.54, 1.807) is 13.2 Å². The highest BCUT2D eigenvalue weighted by atomic mass is 32.2. The maximum Gasteiger partial charge on any atom is 0.238 e. The van der Waals surface area contributed by atoms with Crippen LogP contribution in [0.15, 0.2) is 34.3 Å². The largest absolute Gasteiger partial charge is 0.383 e. The summed E-state index contributed by atoms with van der Waals surface area (Å²) in [5.74, 6) is 0.276. The monoisotopic (exact) mass is 478 g/mol. The van der Waals surface area contributed by atoms with Crippen LogP contribution in [-0.4, -0.2) is 47.8 Å². The van der Waals surface area contributed by atoms with E-state index in [1.165, 1.54) is 23.9 Å². The minimum absolute atomic E-state index is 0.0290. The number of ketones is 1. The summed E-state index contributed by atoms with van der Waals surface area (Å²) < 4.78 is 32.8. The van der Waals surface area contributed by atoms with Gasteiger partial charge in [-0.3, -0.25) is 4.79 Å². The number of sulfonamides is 1. The molecule has 10 heteroatoms. The first-order valence-electron chi connectivity index (χ1n) is 10.5. The SMILES string of the molecule is CCCCn1c(SCC(=O)c2cc(C)n(CCOC)c2C)nc2cc(S(N)(=O)=O)ccc21. The summed E-state index contributed by atoms with van der Waals surface area (Å²) in [6, 6.07) is 6.64. The smallest absolute Gasteiger partial charge is 0.238 e. The Labute approximate surface area is 193 Å². The van der Waals surface area contributed by atoms with Gasteiger partial charge in [-0.15, -0.1) is 0 Å². The van der Waals surface area contributed by atoms with E-state index in [9.17, 15) is 13.2 Å². The van der Waals surface area contributed by atoms with Crippen LogP contribution in [0, 0.1) is 13.8 Å². The lowest BCUT2D eigenvalue weighted by Crippen LogP contribution is -2.11. The molecule has 0 amide bonds. The molecule has 0 saturated heterocycles. The summed E-state index contributed by atoms with van der Waals surface area (Å²) in [4.78, 5) is 17.7. The lowest BCUT2D eigenvalue weighted by atomic mass is 10.2. The number of carbonyl (C=O) groups is 1. The highest BCUT2D eigenvalue weighted by Crippen LogP contribution is 2.28. The number of thioether (sulfide) groups is 1. The zero-order chi connectivity index (χ0) is 23.5. The third-order valence-corrected chi connectivity index (χ3v) is 7.36. The van der Waals surface area contributed by atoms with Crippen molar-refractivity contribution in [2.75, 3.05) is 19.5 Å². The van der Waals surface area contributed by atoms with Gasteiger partial charge in [-0.25, -0.2) is 18.5 Å². The van der Waals surface area contributed by atoms with Crippen LogP contribution in [0.2, 0.25) is 0 Å². The molecule has 32 heavy (non-hydrogen) atoms. The van der Waals surface area contributed by atoms with Crippen molar-refractivity contribution >= 4 is 38.6 Å². The zero-order valence-electron chi connectivity index (χ0n) is 18.9. The van der Waals surface area contributed by atoms with Crippen molar-refractivity contribution in [3.8, 4) is 0 Å². The van der Waals surface area contributed by atoms with E-state index >= 15 is 0 Å². The molecule has 1 aromatic carbocycles. The predicted octanol–water partition coefficient (Wildman–Crippen LogP) is 3.52. The van der Waals surface area contributed by atoms with Gasteiger partial charge >= 0.3 is 0 Å². The number of benzene rings is 1. The van der Waals surface area contributed by atoms with Crippen molar-refractivity contribution in [1.82, 2.24) is 14.1 Å². The number of methoxy groups -OCH3 is 1. The quantitative estimate of drug-likeness (QED) is 0.334. The summed E-state index contributed by atoms with van der Waals surface area (Å²) in [6.45, 7) is 8.07. The van der Waals surface area contributed by atoms with E-state index in [1.807, 2.05) is 24.5 Å². The lowest BCUT2D eigenvalue weighted by molar-refractivity contribution is 0.102. The molecule has 0 spiro atoms. The Bertz CT molecular complexity index is 1230. The van der Waals surface area contributed by atoms with Crippen LogP contribution in [0.3, 0.4) is 0 Å². The van der Waals surface area contributed by atoms with Crippen LogP contribution < -0.4 is 5.14 Å². The Morgan fingerprint density at radius 2 is 1.94 bits per heavy atom. The van der Waals surface area contributed by atoms with Gasteiger partial charge in [0, 0.05) is 37.2 Å². The first-order valence-corrected chi connectivity index (χ1v) is 13.0. The second-order valence-corrected chi connectivity index (χ2v) is 10.2. The zero-order valence-corrected chi connectivity index (χ0v) is 20.6. The molecule has 3 rings (SSSR count). The van der Waals surface area contributed by atoms with E-state index in [4.69, 9.17) is 9.88 Å². The highest BCUT2D eigenvalue weighted by molar-refractivity contribution is 7.99. The van der Waals surface area contributed by atoms with Gasteiger partial charge < -0.3 is 13.9 Å². The standard InChI is InChI=1S/C22H30N4O4S2/c1-5-6-9-26-20-8-7-17(32(23,28)29)13-19(20)24-22(26)31-14-21(27)18-12-15(2)25(16(18)3)10-11-30-4/h7-8,12-13H,5-6,9-11,14H2,1-4H3,(H2,23,28,29). The molecule has 0 aliphatic rings. The van der Waals surface area contributed by atoms with Crippen molar-refractivity contribution in [2.24, 2.45) is 5.14 Å². The number of hydrogen-bond acceptors (Lipinski definition) is 6. The van der Waals surface area contributed by atoms with Crippen molar-refractivity contribution in [1.29, 1.82) is 0 Å². The number of hydrogen-bond donors (Lipinski definition) is 1. The molecule has 2 N–H and O–H groups in total. The molecule has 174 valence electrons. The van der Waals surface area contributed by atoms with E-state index < -0.39 is 10.0 Å². The second kappa shape index (κ2) is 10.2. The number of nitrogens with zero attached hydrogens (tertiary/aromatic N) is 3. The van der Waals surface area contributed by atoms with Crippen LogP contribution in [0.5, 0.6) is 0 Å². The molecule has 0 aliphatic carbocycles. The number of aryl methyl sites for hydroxylation is 2. The fraction of sp³-hybridized carbons (Fsp3) is 0.455. The molecular weight excluding hydrogens is 448 g/mol. The van der Waals surface area contributed by atoms with Gasteiger partial charge in [0.1, 0.15) is 0 Å². The molecule has 0 bridgehead atoms. The first-order chi connectivity index (χ1) is 15.2. The average Bonchev–Trinajstić information content (AvgIpc) is 3.24. The van der Waals surface area contributed by atoms with Gasteiger partial charge in [-0.05, 0) is 44.5 Å². The molecule has 3 aromatic rings. The molecule has 2 heterocycles. The maximum atomic E-state index is 13.0. The number of aromatic nitrogens is 3. The molecule has 0 unspecified atom stereocenters. The Morgan fingerprint density at radius 3 is 2.59 bits per heavy atom. The van der Waals surface area contributed by atoms with Crippen LogP contribution in [0.4, 0.5) is 0 Å². The molecular formula is C22H30N4O4S2. The topological polar surface area (TPSA) is 109 Å². The molecule has 0 radical (unpaired) electrons. The second-order valence-electron chi connectivity index (χ2n) is 7.74. The summed E-state index contributed by atoms with van der Waals surface area (Å²) in [5, 5.41) is 5.97. The van der Waals surface area contributed by atoms with Gasteiger partial charge in [0.05, 0.1) is 28.3 Å². The van der Waals surface area contributed by atoms with Gasteiger partial charge in [-0.2, -0.15) is 0 Å².